The van der Waals surface area contributed by atoms with Gasteiger partial charge in [0.05, 0.1) is 13.7 Å². The van der Waals surface area contributed by atoms with Crippen molar-refractivity contribution in [2.45, 2.75) is 58.6 Å². The summed E-state index contributed by atoms with van der Waals surface area (Å²) in [6.07, 6.45) is 7.78. The molecule has 1 rings (SSSR count). The van der Waals surface area contributed by atoms with E-state index in [0.717, 1.165) is 30.9 Å². The van der Waals surface area contributed by atoms with E-state index in [2.05, 4.69) is 24.4 Å². The summed E-state index contributed by atoms with van der Waals surface area (Å²) in [6.45, 7) is 4.59. The lowest BCUT2D eigenvalue weighted by Crippen LogP contribution is -2.06. The number of ether oxygens (including phenoxy) is 2. The standard InChI is InChI=1S/C18H31NO2/c1-4-5-6-7-8-9-12-21-15-17-13-16(14-19-2)10-11-18(17)20-3/h10-11,13,19H,4-9,12,14-15H2,1-3H3. The van der Waals surface area contributed by atoms with Crippen LogP contribution in [0.2, 0.25) is 0 Å². The van der Waals surface area contributed by atoms with Gasteiger partial charge in [0.2, 0.25) is 0 Å². The molecule has 120 valence electrons. The third kappa shape index (κ3) is 7.49. The Kier molecular flexibility index (Phi) is 9.92. The highest BCUT2D eigenvalue weighted by Gasteiger charge is 2.04. The number of unbranched alkanes of at least 4 members (excludes halogenated alkanes) is 5. The lowest BCUT2D eigenvalue weighted by atomic mass is 10.1. The molecule has 0 saturated carbocycles. The van der Waals surface area contributed by atoms with Crippen LogP contribution in [0, 0.1) is 0 Å². The third-order valence-corrected chi connectivity index (χ3v) is 3.63. The van der Waals surface area contributed by atoms with Crippen molar-refractivity contribution >= 4 is 0 Å². The van der Waals surface area contributed by atoms with Gasteiger partial charge >= 0.3 is 0 Å². The van der Waals surface area contributed by atoms with E-state index in [9.17, 15) is 0 Å². The van der Waals surface area contributed by atoms with Crippen LogP contribution < -0.4 is 10.1 Å². The average Bonchev–Trinajstić information content (AvgIpc) is 2.50. The summed E-state index contributed by atoms with van der Waals surface area (Å²) in [5, 5.41) is 3.17. The van der Waals surface area contributed by atoms with Gasteiger partial charge in [0.25, 0.3) is 0 Å². The smallest absolute Gasteiger partial charge is 0.124 e. The minimum Gasteiger partial charge on any atom is -0.496 e. The topological polar surface area (TPSA) is 30.5 Å². The fourth-order valence-corrected chi connectivity index (χ4v) is 2.43. The molecule has 0 bridgehead atoms. The summed E-state index contributed by atoms with van der Waals surface area (Å²) < 4.78 is 11.2. The summed E-state index contributed by atoms with van der Waals surface area (Å²) >= 11 is 0. The van der Waals surface area contributed by atoms with Gasteiger partial charge in [0.15, 0.2) is 0 Å². The van der Waals surface area contributed by atoms with Gasteiger partial charge in [-0.2, -0.15) is 0 Å². The molecule has 0 atom stereocenters. The molecule has 0 amide bonds. The first-order chi connectivity index (χ1) is 10.3. The second kappa shape index (κ2) is 11.6. The van der Waals surface area contributed by atoms with Crippen molar-refractivity contribution in [1.82, 2.24) is 5.32 Å². The van der Waals surface area contributed by atoms with Gasteiger partial charge in [-0.15, -0.1) is 0 Å². The van der Waals surface area contributed by atoms with Gasteiger partial charge in [-0.3, -0.25) is 0 Å². The highest BCUT2D eigenvalue weighted by Crippen LogP contribution is 2.21. The molecule has 3 nitrogen and oxygen atoms in total. The molecule has 3 heteroatoms. The summed E-state index contributed by atoms with van der Waals surface area (Å²) in [5.41, 5.74) is 2.40. The van der Waals surface area contributed by atoms with E-state index in [4.69, 9.17) is 9.47 Å². The monoisotopic (exact) mass is 293 g/mol. The lowest BCUT2D eigenvalue weighted by molar-refractivity contribution is 0.115. The largest absolute Gasteiger partial charge is 0.496 e. The Hall–Kier alpha value is -1.06. The van der Waals surface area contributed by atoms with E-state index in [1.54, 1.807) is 7.11 Å². The zero-order chi connectivity index (χ0) is 15.3. The number of methoxy groups -OCH3 is 1. The van der Waals surface area contributed by atoms with Crippen molar-refractivity contribution in [3.63, 3.8) is 0 Å². The number of nitrogens with one attached hydrogen (secondary N) is 1. The van der Waals surface area contributed by atoms with Crippen molar-refractivity contribution in [1.29, 1.82) is 0 Å². The van der Waals surface area contributed by atoms with Gasteiger partial charge in [-0.05, 0) is 31.2 Å². The maximum atomic E-state index is 5.80. The Morgan fingerprint density at radius 3 is 2.52 bits per heavy atom. The first kappa shape index (κ1) is 18.0. The molecule has 0 aliphatic carbocycles. The van der Waals surface area contributed by atoms with Crippen LogP contribution in [0.1, 0.15) is 56.6 Å². The number of hydrogen-bond acceptors (Lipinski definition) is 3. The molecule has 0 spiro atoms. The minimum absolute atomic E-state index is 0.635. The highest BCUT2D eigenvalue weighted by molar-refractivity contribution is 5.36. The second-order valence-corrected chi connectivity index (χ2v) is 5.50. The Bertz CT molecular complexity index is 379. The second-order valence-electron chi connectivity index (χ2n) is 5.50. The number of benzene rings is 1. The van der Waals surface area contributed by atoms with Crippen LogP contribution in [-0.4, -0.2) is 20.8 Å². The third-order valence-electron chi connectivity index (χ3n) is 3.63. The van der Waals surface area contributed by atoms with Gasteiger partial charge in [-0.25, -0.2) is 0 Å². The van der Waals surface area contributed by atoms with E-state index in [1.807, 2.05) is 13.1 Å². The number of hydrogen-bond donors (Lipinski definition) is 1. The van der Waals surface area contributed by atoms with Crippen LogP contribution in [0.15, 0.2) is 18.2 Å². The fraction of sp³-hybridized carbons (Fsp3) is 0.667. The van der Waals surface area contributed by atoms with Crippen molar-refractivity contribution in [3.8, 4) is 5.75 Å². The normalized spacial score (nSPS) is 10.8. The van der Waals surface area contributed by atoms with Crippen molar-refractivity contribution in [3.05, 3.63) is 29.3 Å². The first-order valence-electron chi connectivity index (χ1n) is 8.20. The average molecular weight is 293 g/mol. The maximum absolute atomic E-state index is 5.80. The molecule has 0 unspecified atom stereocenters. The van der Waals surface area contributed by atoms with E-state index in [1.165, 1.54) is 37.7 Å². The Morgan fingerprint density at radius 2 is 1.81 bits per heavy atom. The van der Waals surface area contributed by atoms with Crippen LogP contribution in [0.3, 0.4) is 0 Å². The van der Waals surface area contributed by atoms with Gasteiger partial charge in [-0.1, -0.05) is 45.1 Å². The molecule has 0 heterocycles. The van der Waals surface area contributed by atoms with E-state index >= 15 is 0 Å². The predicted octanol–water partition coefficient (Wildman–Crippen LogP) is 4.29. The molecule has 1 aromatic carbocycles. The first-order valence-corrected chi connectivity index (χ1v) is 8.20. The molecule has 0 radical (unpaired) electrons. The van der Waals surface area contributed by atoms with E-state index in [0.29, 0.717) is 6.61 Å². The predicted molar refractivity (Wildman–Crippen MR) is 88.8 cm³/mol. The zero-order valence-electron chi connectivity index (χ0n) is 13.9. The van der Waals surface area contributed by atoms with Crippen LogP contribution in [-0.2, 0) is 17.9 Å². The van der Waals surface area contributed by atoms with Gasteiger partial charge < -0.3 is 14.8 Å². The Balaban J connectivity index is 2.28. The van der Waals surface area contributed by atoms with Crippen LogP contribution in [0.25, 0.3) is 0 Å². The van der Waals surface area contributed by atoms with Crippen molar-refractivity contribution in [2.24, 2.45) is 0 Å². The van der Waals surface area contributed by atoms with Gasteiger partial charge in [0, 0.05) is 18.7 Å². The summed E-state index contributed by atoms with van der Waals surface area (Å²) in [4.78, 5) is 0. The molecule has 0 aliphatic heterocycles. The van der Waals surface area contributed by atoms with Crippen LogP contribution in [0.4, 0.5) is 0 Å². The molecular formula is C18H31NO2. The molecule has 0 aliphatic rings. The van der Waals surface area contributed by atoms with Crippen LogP contribution >= 0.6 is 0 Å². The summed E-state index contributed by atoms with van der Waals surface area (Å²) in [7, 11) is 3.67. The molecular weight excluding hydrogens is 262 g/mol. The van der Waals surface area contributed by atoms with Crippen molar-refractivity contribution in [2.75, 3.05) is 20.8 Å². The zero-order valence-corrected chi connectivity index (χ0v) is 13.9. The van der Waals surface area contributed by atoms with Crippen LogP contribution in [0.5, 0.6) is 5.75 Å². The summed E-state index contributed by atoms with van der Waals surface area (Å²) in [5.74, 6) is 0.915. The molecule has 0 saturated heterocycles. The number of rotatable bonds is 12. The molecule has 0 aromatic heterocycles. The molecule has 1 N–H and O–H groups in total. The molecule has 1 aromatic rings. The van der Waals surface area contributed by atoms with E-state index < -0.39 is 0 Å². The van der Waals surface area contributed by atoms with Gasteiger partial charge in [0.1, 0.15) is 5.75 Å². The Labute approximate surface area is 130 Å². The lowest BCUT2D eigenvalue weighted by Gasteiger charge is -2.11. The fourth-order valence-electron chi connectivity index (χ4n) is 2.43. The van der Waals surface area contributed by atoms with Crippen molar-refractivity contribution < 1.29 is 9.47 Å². The Morgan fingerprint density at radius 1 is 1.05 bits per heavy atom. The SMILES string of the molecule is CCCCCCCCOCc1cc(CNC)ccc1OC. The summed E-state index contributed by atoms with van der Waals surface area (Å²) in [6, 6.07) is 6.28. The van der Waals surface area contributed by atoms with E-state index in [-0.39, 0.29) is 0 Å². The highest BCUT2D eigenvalue weighted by atomic mass is 16.5. The molecule has 0 fully saturated rings. The minimum atomic E-state index is 0.635. The quantitative estimate of drug-likeness (QED) is 0.583. The molecule has 21 heavy (non-hydrogen) atoms. The maximum Gasteiger partial charge on any atom is 0.124 e.